The van der Waals surface area contributed by atoms with Crippen LogP contribution in [0.5, 0.6) is 0 Å². The average Bonchev–Trinajstić information content (AvgIpc) is 2.44. The second kappa shape index (κ2) is 9.62. The van der Waals surface area contributed by atoms with Gasteiger partial charge in [0.05, 0.1) is 12.7 Å². The molecule has 1 N–H and O–H groups in total. The lowest BCUT2D eigenvalue weighted by atomic mass is 10.1. The fourth-order valence-electron chi connectivity index (χ4n) is 2.20. The molecule has 1 rings (SSSR count). The highest BCUT2D eigenvalue weighted by Gasteiger charge is 2.15. The van der Waals surface area contributed by atoms with Crippen molar-refractivity contribution >= 4 is 15.9 Å². The third-order valence-electron chi connectivity index (χ3n) is 3.42. The van der Waals surface area contributed by atoms with E-state index in [4.69, 9.17) is 0 Å². The predicted molar refractivity (Wildman–Crippen MR) is 89.1 cm³/mol. The van der Waals surface area contributed by atoms with Crippen LogP contribution in [0.25, 0.3) is 0 Å². The minimum absolute atomic E-state index is 0.0759. The summed E-state index contributed by atoms with van der Waals surface area (Å²) in [6, 6.07) is 5.86. The molecule has 130 valence electrons. The van der Waals surface area contributed by atoms with Gasteiger partial charge >= 0.3 is 0 Å². The van der Waals surface area contributed by atoms with Crippen molar-refractivity contribution in [2.24, 2.45) is 0 Å². The highest BCUT2D eigenvalue weighted by Crippen LogP contribution is 2.05. The SMILES string of the molecule is CCCCCN(CCNC(=O)Cc1cccc(F)c1)S(C)(=O)=O. The van der Waals surface area contributed by atoms with Crippen LogP contribution in [-0.2, 0) is 21.2 Å². The fourth-order valence-corrected chi connectivity index (χ4v) is 3.08. The summed E-state index contributed by atoms with van der Waals surface area (Å²) in [5, 5.41) is 2.68. The van der Waals surface area contributed by atoms with Gasteiger partial charge in [-0.05, 0) is 24.1 Å². The Hall–Kier alpha value is -1.47. The third kappa shape index (κ3) is 8.08. The number of unbranched alkanes of at least 4 members (excludes halogenated alkanes) is 2. The molecular weight excluding hydrogens is 319 g/mol. The van der Waals surface area contributed by atoms with Crippen molar-refractivity contribution in [2.45, 2.75) is 32.6 Å². The molecule has 0 aliphatic heterocycles. The Labute approximate surface area is 137 Å². The Balaban J connectivity index is 2.41. The highest BCUT2D eigenvalue weighted by molar-refractivity contribution is 7.88. The lowest BCUT2D eigenvalue weighted by molar-refractivity contribution is -0.120. The van der Waals surface area contributed by atoms with Crippen molar-refractivity contribution in [3.63, 3.8) is 0 Å². The van der Waals surface area contributed by atoms with Crippen LogP contribution in [0.3, 0.4) is 0 Å². The van der Waals surface area contributed by atoms with E-state index in [1.54, 1.807) is 12.1 Å². The van der Waals surface area contributed by atoms with Crippen LogP contribution in [0, 0.1) is 5.82 Å². The van der Waals surface area contributed by atoms with Crippen LogP contribution < -0.4 is 5.32 Å². The summed E-state index contributed by atoms with van der Waals surface area (Å²) >= 11 is 0. The topological polar surface area (TPSA) is 66.5 Å². The zero-order chi connectivity index (χ0) is 17.3. The van der Waals surface area contributed by atoms with Crippen LogP contribution in [0.15, 0.2) is 24.3 Å². The van der Waals surface area contributed by atoms with E-state index in [0.29, 0.717) is 12.1 Å². The van der Waals surface area contributed by atoms with Gasteiger partial charge in [-0.1, -0.05) is 31.9 Å². The summed E-state index contributed by atoms with van der Waals surface area (Å²) in [5.74, 6) is -0.632. The molecule has 0 aliphatic carbocycles. The maximum absolute atomic E-state index is 13.0. The molecule has 1 amide bonds. The van der Waals surface area contributed by atoms with Crippen molar-refractivity contribution in [1.29, 1.82) is 0 Å². The number of benzene rings is 1. The maximum atomic E-state index is 13.0. The van der Waals surface area contributed by atoms with Crippen molar-refractivity contribution in [1.82, 2.24) is 9.62 Å². The van der Waals surface area contributed by atoms with Crippen molar-refractivity contribution < 1.29 is 17.6 Å². The minimum atomic E-state index is -3.28. The first-order valence-electron chi connectivity index (χ1n) is 7.79. The molecular formula is C16H25FN2O3S. The van der Waals surface area contributed by atoms with Gasteiger partial charge in [0.25, 0.3) is 0 Å². The zero-order valence-electron chi connectivity index (χ0n) is 13.7. The molecule has 0 saturated heterocycles. The Bertz CT molecular complexity index is 605. The first-order chi connectivity index (χ1) is 10.8. The van der Waals surface area contributed by atoms with Gasteiger partial charge in [-0.3, -0.25) is 4.79 Å². The van der Waals surface area contributed by atoms with E-state index in [2.05, 4.69) is 12.2 Å². The molecule has 23 heavy (non-hydrogen) atoms. The van der Waals surface area contributed by atoms with E-state index < -0.39 is 10.0 Å². The van der Waals surface area contributed by atoms with Gasteiger partial charge in [0, 0.05) is 19.6 Å². The monoisotopic (exact) mass is 344 g/mol. The number of nitrogens with one attached hydrogen (secondary N) is 1. The average molecular weight is 344 g/mol. The number of carbonyl (C=O) groups is 1. The number of amides is 1. The molecule has 0 aromatic heterocycles. The molecule has 7 heteroatoms. The van der Waals surface area contributed by atoms with Gasteiger partial charge < -0.3 is 5.32 Å². The van der Waals surface area contributed by atoms with E-state index in [-0.39, 0.29) is 31.2 Å². The molecule has 0 unspecified atom stereocenters. The van der Waals surface area contributed by atoms with E-state index in [1.807, 2.05) is 0 Å². The quantitative estimate of drug-likeness (QED) is 0.660. The molecule has 5 nitrogen and oxygen atoms in total. The lowest BCUT2D eigenvalue weighted by Crippen LogP contribution is -2.39. The molecule has 0 fully saturated rings. The zero-order valence-corrected chi connectivity index (χ0v) is 14.5. The summed E-state index contributed by atoms with van der Waals surface area (Å²) < 4.78 is 37.8. The van der Waals surface area contributed by atoms with Gasteiger partial charge in [-0.15, -0.1) is 0 Å². The molecule has 0 aliphatic rings. The summed E-state index contributed by atoms with van der Waals surface area (Å²) in [6.07, 6.45) is 4.04. The number of sulfonamides is 1. The van der Waals surface area contributed by atoms with Crippen molar-refractivity contribution in [3.8, 4) is 0 Å². The largest absolute Gasteiger partial charge is 0.354 e. The van der Waals surface area contributed by atoms with Crippen LogP contribution in [-0.4, -0.2) is 44.5 Å². The first-order valence-corrected chi connectivity index (χ1v) is 9.64. The molecule has 0 saturated carbocycles. The summed E-state index contributed by atoms with van der Waals surface area (Å²) in [7, 11) is -3.28. The smallest absolute Gasteiger partial charge is 0.224 e. The normalized spacial score (nSPS) is 11.7. The Morgan fingerprint density at radius 2 is 2.00 bits per heavy atom. The highest BCUT2D eigenvalue weighted by atomic mass is 32.2. The number of nitrogens with zero attached hydrogens (tertiary/aromatic N) is 1. The van der Waals surface area contributed by atoms with Gasteiger partial charge in [-0.25, -0.2) is 17.1 Å². The van der Waals surface area contributed by atoms with Gasteiger partial charge in [0.2, 0.25) is 15.9 Å². The van der Waals surface area contributed by atoms with E-state index >= 15 is 0 Å². The Morgan fingerprint density at radius 1 is 1.26 bits per heavy atom. The fraction of sp³-hybridized carbons (Fsp3) is 0.562. The summed E-state index contributed by atoms with van der Waals surface area (Å²) in [6.45, 7) is 3.01. The molecule has 0 spiro atoms. The number of carbonyl (C=O) groups excluding carboxylic acids is 1. The first kappa shape index (κ1) is 19.6. The van der Waals surface area contributed by atoms with Crippen LogP contribution in [0.2, 0.25) is 0 Å². The Morgan fingerprint density at radius 3 is 2.61 bits per heavy atom. The van der Waals surface area contributed by atoms with Crippen LogP contribution in [0.4, 0.5) is 4.39 Å². The van der Waals surface area contributed by atoms with Gasteiger partial charge in [0.1, 0.15) is 5.82 Å². The third-order valence-corrected chi connectivity index (χ3v) is 4.72. The predicted octanol–water partition coefficient (Wildman–Crippen LogP) is 1.94. The minimum Gasteiger partial charge on any atom is -0.354 e. The standard InChI is InChI=1S/C16H25FN2O3S/c1-3-4-5-10-19(23(2,21)22)11-9-18-16(20)13-14-7-6-8-15(17)12-14/h6-8,12H,3-5,9-11,13H2,1-2H3,(H,18,20). The number of halogens is 1. The van der Waals surface area contributed by atoms with Crippen LogP contribution >= 0.6 is 0 Å². The van der Waals surface area contributed by atoms with Gasteiger partial charge in [0.15, 0.2) is 0 Å². The number of hydrogen-bond acceptors (Lipinski definition) is 3. The Kier molecular flexibility index (Phi) is 8.19. The molecule has 1 aromatic rings. The number of hydrogen-bond donors (Lipinski definition) is 1. The summed E-state index contributed by atoms with van der Waals surface area (Å²) in [5.41, 5.74) is 0.588. The molecule has 0 bridgehead atoms. The van der Waals surface area contributed by atoms with Crippen molar-refractivity contribution in [2.75, 3.05) is 25.9 Å². The molecule has 0 heterocycles. The molecule has 0 atom stereocenters. The van der Waals surface area contributed by atoms with E-state index in [9.17, 15) is 17.6 Å². The van der Waals surface area contributed by atoms with E-state index in [0.717, 1.165) is 19.3 Å². The lowest BCUT2D eigenvalue weighted by Gasteiger charge is -2.20. The number of rotatable bonds is 10. The second-order valence-corrected chi connectivity index (χ2v) is 7.51. The maximum Gasteiger partial charge on any atom is 0.224 e. The second-order valence-electron chi connectivity index (χ2n) is 5.53. The molecule has 0 radical (unpaired) electrons. The van der Waals surface area contributed by atoms with Gasteiger partial charge in [-0.2, -0.15) is 0 Å². The van der Waals surface area contributed by atoms with E-state index in [1.165, 1.54) is 22.7 Å². The summed E-state index contributed by atoms with van der Waals surface area (Å²) in [4.78, 5) is 11.8. The van der Waals surface area contributed by atoms with Crippen LogP contribution in [0.1, 0.15) is 31.7 Å². The molecule has 1 aromatic carbocycles. The van der Waals surface area contributed by atoms with Crippen molar-refractivity contribution in [3.05, 3.63) is 35.6 Å².